The highest BCUT2D eigenvalue weighted by Crippen LogP contribution is 2.23. The van der Waals surface area contributed by atoms with Gasteiger partial charge in [0.2, 0.25) is 0 Å². The van der Waals surface area contributed by atoms with Gasteiger partial charge in [-0.25, -0.2) is 0 Å². The highest BCUT2D eigenvalue weighted by molar-refractivity contribution is 9.10. The van der Waals surface area contributed by atoms with E-state index in [0.717, 1.165) is 29.7 Å². The first-order valence-electron chi connectivity index (χ1n) is 4.73. The summed E-state index contributed by atoms with van der Waals surface area (Å²) in [6.45, 7) is 3.83. The largest absolute Gasteiger partial charge is 0.385 e. The molecule has 0 amide bonds. The molecule has 14 heavy (non-hydrogen) atoms. The third-order valence-corrected chi connectivity index (χ3v) is 2.65. The second-order valence-electron chi connectivity index (χ2n) is 3.26. The molecule has 1 rings (SSSR count). The number of nitrogens with one attached hydrogen (secondary N) is 1. The predicted molar refractivity (Wildman–Crippen MR) is 63.9 cm³/mol. The number of hydrogen-bond acceptors (Lipinski definition) is 2. The lowest BCUT2D eigenvalue weighted by Crippen LogP contribution is -2.05. The summed E-state index contributed by atoms with van der Waals surface area (Å²) in [5, 5.41) is 3.36. The number of rotatable bonds is 5. The predicted octanol–water partition coefficient (Wildman–Crippen LogP) is 3.21. The van der Waals surface area contributed by atoms with Gasteiger partial charge in [-0.15, -0.1) is 0 Å². The van der Waals surface area contributed by atoms with Gasteiger partial charge in [-0.2, -0.15) is 0 Å². The van der Waals surface area contributed by atoms with Crippen molar-refractivity contribution in [3.05, 3.63) is 28.2 Å². The summed E-state index contributed by atoms with van der Waals surface area (Å²) in [5.74, 6) is 0. The van der Waals surface area contributed by atoms with Crippen LogP contribution in [0.25, 0.3) is 0 Å². The molecular weight excluding hydrogens is 242 g/mol. The zero-order valence-electron chi connectivity index (χ0n) is 8.64. The number of anilines is 1. The maximum atomic E-state index is 4.98. The van der Waals surface area contributed by atoms with Crippen LogP contribution in [0.1, 0.15) is 12.0 Å². The van der Waals surface area contributed by atoms with Crippen LogP contribution < -0.4 is 5.32 Å². The van der Waals surface area contributed by atoms with Crippen LogP contribution in [0.15, 0.2) is 22.7 Å². The number of halogens is 1. The minimum Gasteiger partial charge on any atom is -0.385 e. The van der Waals surface area contributed by atoms with E-state index in [-0.39, 0.29) is 0 Å². The molecule has 0 atom stereocenters. The Morgan fingerprint density at radius 1 is 1.43 bits per heavy atom. The van der Waals surface area contributed by atoms with E-state index in [1.807, 2.05) is 0 Å². The number of hydrogen-bond donors (Lipinski definition) is 1. The second kappa shape index (κ2) is 6.04. The number of methoxy groups -OCH3 is 1. The van der Waals surface area contributed by atoms with Crippen LogP contribution in [0, 0.1) is 6.92 Å². The van der Waals surface area contributed by atoms with Gasteiger partial charge in [0, 0.05) is 30.4 Å². The molecule has 0 bridgehead atoms. The topological polar surface area (TPSA) is 21.3 Å². The van der Waals surface area contributed by atoms with Gasteiger partial charge in [0.1, 0.15) is 0 Å². The molecule has 0 fully saturated rings. The fraction of sp³-hybridized carbons (Fsp3) is 0.455. The lowest BCUT2D eigenvalue weighted by atomic mass is 10.2. The molecule has 0 aliphatic carbocycles. The molecule has 0 aliphatic heterocycles. The Labute approximate surface area is 93.8 Å². The smallest absolute Gasteiger partial charge is 0.0487 e. The Morgan fingerprint density at radius 2 is 2.21 bits per heavy atom. The molecule has 0 radical (unpaired) electrons. The molecule has 0 saturated carbocycles. The monoisotopic (exact) mass is 257 g/mol. The van der Waals surface area contributed by atoms with Gasteiger partial charge in [-0.05, 0) is 47.0 Å². The average molecular weight is 258 g/mol. The Hall–Kier alpha value is -0.540. The van der Waals surface area contributed by atoms with Crippen molar-refractivity contribution in [3.63, 3.8) is 0 Å². The number of benzene rings is 1. The van der Waals surface area contributed by atoms with Crippen molar-refractivity contribution in [1.82, 2.24) is 0 Å². The van der Waals surface area contributed by atoms with Crippen molar-refractivity contribution in [2.75, 3.05) is 25.6 Å². The van der Waals surface area contributed by atoms with E-state index in [0.29, 0.717) is 0 Å². The lowest BCUT2D eigenvalue weighted by Gasteiger charge is -2.08. The van der Waals surface area contributed by atoms with Crippen LogP contribution in [0.5, 0.6) is 0 Å². The van der Waals surface area contributed by atoms with Gasteiger partial charge in [-0.3, -0.25) is 0 Å². The summed E-state index contributed by atoms with van der Waals surface area (Å²) in [4.78, 5) is 0. The first-order chi connectivity index (χ1) is 6.74. The lowest BCUT2D eigenvalue weighted by molar-refractivity contribution is 0.198. The number of ether oxygens (including phenoxy) is 1. The van der Waals surface area contributed by atoms with E-state index in [9.17, 15) is 0 Å². The Kier molecular flexibility index (Phi) is 4.98. The quantitative estimate of drug-likeness (QED) is 0.819. The van der Waals surface area contributed by atoms with Gasteiger partial charge < -0.3 is 10.1 Å². The van der Waals surface area contributed by atoms with E-state index in [1.165, 1.54) is 5.56 Å². The van der Waals surface area contributed by atoms with E-state index in [2.05, 4.69) is 46.4 Å². The van der Waals surface area contributed by atoms with E-state index in [4.69, 9.17) is 4.74 Å². The van der Waals surface area contributed by atoms with Gasteiger partial charge in [0.05, 0.1) is 0 Å². The molecule has 0 unspecified atom stereocenters. The van der Waals surface area contributed by atoms with E-state index in [1.54, 1.807) is 7.11 Å². The van der Waals surface area contributed by atoms with Crippen LogP contribution in [-0.2, 0) is 4.74 Å². The first-order valence-corrected chi connectivity index (χ1v) is 5.52. The van der Waals surface area contributed by atoms with Crippen molar-refractivity contribution in [2.45, 2.75) is 13.3 Å². The van der Waals surface area contributed by atoms with Crippen LogP contribution in [0.2, 0.25) is 0 Å². The Morgan fingerprint density at radius 3 is 2.93 bits per heavy atom. The fourth-order valence-corrected chi connectivity index (χ4v) is 1.60. The van der Waals surface area contributed by atoms with Crippen molar-refractivity contribution < 1.29 is 4.74 Å². The average Bonchev–Trinajstić information content (AvgIpc) is 2.18. The molecule has 1 N–H and O–H groups in total. The normalized spacial score (nSPS) is 10.2. The Balaban J connectivity index is 2.45. The summed E-state index contributed by atoms with van der Waals surface area (Å²) in [6.07, 6.45) is 1.02. The fourth-order valence-electron chi connectivity index (χ4n) is 1.21. The highest BCUT2D eigenvalue weighted by atomic mass is 79.9. The van der Waals surface area contributed by atoms with Crippen molar-refractivity contribution >= 4 is 21.6 Å². The zero-order chi connectivity index (χ0) is 10.4. The highest BCUT2D eigenvalue weighted by Gasteiger charge is 1.98. The molecule has 78 valence electrons. The minimum absolute atomic E-state index is 0.802. The molecule has 0 spiro atoms. The maximum Gasteiger partial charge on any atom is 0.0487 e. The van der Waals surface area contributed by atoms with Crippen LogP contribution in [-0.4, -0.2) is 20.3 Å². The summed E-state index contributed by atoms with van der Waals surface area (Å²) >= 11 is 3.51. The van der Waals surface area contributed by atoms with E-state index < -0.39 is 0 Å². The summed E-state index contributed by atoms with van der Waals surface area (Å²) in [7, 11) is 1.72. The van der Waals surface area contributed by atoms with Crippen LogP contribution in [0.3, 0.4) is 0 Å². The molecule has 1 aromatic rings. The first kappa shape index (κ1) is 11.5. The van der Waals surface area contributed by atoms with Crippen LogP contribution in [0.4, 0.5) is 5.69 Å². The van der Waals surface area contributed by atoms with Crippen molar-refractivity contribution in [1.29, 1.82) is 0 Å². The third kappa shape index (κ3) is 3.68. The van der Waals surface area contributed by atoms with Gasteiger partial charge in [0.15, 0.2) is 0 Å². The molecule has 0 aromatic heterocycles. The molecule has 2 nitrogen and oxygen atoms in total. The molecular formula is C11H16BrNO. The summed E-state index contributed by atoms with van der Waals surface area (Å²) in [6, 6.07) is 6.29. The van der Waals surface area contributed by atoms with Gasteiger partial charge >= 0.3 is 0 Å². The SMILES string of the molecule is COCCCNc1cc(C)ccc1Br. The third-order valence-electron chi connectivity index (χ3n) is 1.96. The van der Waals surface area contributed by atoms with Crippen molar-refractivity contribution in [3.8, 4) is 0 Å². The standard InChI is InChI=1S/C11H16BrNO/c1-9-4-5-10(12)11(8-9)13-6-3-7-14-2/h4-5,8,13H,3,6-7H2,1-2H3. The zero-order valence-corrected chi connectivity index (χ0v) is 10.2. The van der Waals surface area contributed by atoms with E-state index >= 15 is 0 Å². The Bertz CT molecular complexity index is 289. The molecule has 0 heterocycles. The molecule has 0 saturated heterocycles. The van der Waals surface area contributed by atoms with Crippen LogP contribution >= 0.6 is 15.9 Å². The minimum atomic E-state index is 0.802. The molecule has 3 heteroatoms. The molecule has 1 aromatic carbocycles. The second-order valence-corrected chi connectivity index (χ2v) is 4.11. The summed E-state index contributed by atoms with van der Waals surface area (Å²) < 4.78 is 6.09. The summed E-state index contributed by atoms with van der Waals surface area (Å²) in [5.41, 5.74) is 2.42. The maximum absolute atomic E-state index is 4.98. The van der Waals surface area contributed by atoms with Crippen molar-refractivity contribution in [2.24, 2.45) is 0 Å². The van der Waals surface area contributed by atoms with Gasteiger partial charge in [0.25, 0.3) is 0 Å². The van der Waals surface area contributed by atoms with Gasteiger partial charge in [-0.1, -0.05) is 6.07 Å². The number of aryl methyl sites for hydroxylation is 1. The molecule has 0 aliphatic rings.